The zero-order valence-electron chi connectivity index (χ0n) is 31.2. The summed E-state index contributed by atoms with van der Waals surface area (Å²) in [7, 11) is 0. The molecule has 0 spiro atoms. The first-order valence-corrected chi connectivity index (χ1v) is 20.2. The van der Waals surface area contributed by atoms with Gasteiger partial charge in [-0.1, -0.05) is 117 Å². The molecule has 11 nitrogen and oxygen atoms in total. The van der Waals surface area contributed by atoms with Crippen LogP contribution in [0.3, 0.4) is 0 Å². The highest BCUT2D eigenvalue weighted by atomic mass is 32.2. The van der Waals surface area contributed by atoms with E-state index in [9.17, 15) is 29.4 Å². The molecule has 0 unspecified atom stereocenters. The highest BCUT2D eigenvalue weighted by Crippen LogP contribution is 2.48. The molecule has 4 rings (SSSR count). The summed E-state index contributed by atoms with van der Waals surface area (Å²) < 4.78 is -0.473. The summed E-state index contributed by atoms with van der Waals surface area (Å²) in [5.74, 6) is -2.61. The largest absolute Gasteiger partial charge is 0.481 e. The number of carbonyl (C=O) groups excluding carboxylic acids is 3. The number of carboxylic acids is 1. The van der Waals surface area contributed by atoms with Crippen LogP contribution in [-0.4, -0.2) is 80.1 Å². The van der Waals surface area contributed by atoms with Crippen LogP contribution >= 0.6 is 23.1 Å². The summed E-state index contributed by atoms with van der Waals surface area (Å²) in [6.45, 7) is 4.91. The van der Waals surface area contributed by atoms with Crippen molar-refractivity contribution in [3.8, 4) is 0 Å². The van der Waals surface area contributed by atoms with Crippen LogP contribution in [0.1, 0.15) is 62.4 Å². The number of carboxylic acid groups (broad SMARTS) is 1. The number of benzene rings is 3. The number of allylic oxidation sites excluding steroid dienone is 1. The van der Waals surface area contributed by atoms with Gasteiger partial charge in [0.25, 0.3) is 0 Å². The van der Waals surface area contributed by atoms with E-state index in [4.69, 9.17) is 5.11 Å². The number of hydrogen-bond donors (Lipinski definition) is 6. The van der Waals surface area contributed by atoms with E-state index >= 15 is 0 Å². The van der Waals surface area contributed by atoms with Crippen LogP contribution in [0.5, 0.6) is 0 Å². The second kappa shape index (κ2) is 21.3. The van der Waals surface area contributed by atoms with Crippen LogP contribution in [0.2, 0.25) is 0 Å². The van der Waals surface area contributed by atoms with Gasteiger partial charge in [-0.3, -0.25) is 19.2 Å². The number of nitrogens with one attached hydrogen (secondary N) is 3. The Morgan fingerprint density at radius 2 is 1.36 bits per heavy atom. The van der Waals surface area contributed by atoms with Crippen molar-refractivity contribution >= 4 is 46.8 Å². The van der Waals surface area contributed by atoms with Crippen molar-refractivity contribution in [3.63, 3.8) is 0 Å². The predicted molar refractivity (Wildman–Crippen MR) is 216 cm³/mol. The maximum absolute atomic E-state index is 13.4. The minimum absolute atomic E-state index is 0.0521. The maximum atomic E-state index is 13.4. The first-order valence-electron chi connectivity index (χ1n) is 18.2. The van der Waals surface area contributed by atoms with Gasteiger partial charge in [-0.05, 0) is 41.7 Å². The van der Waals surface area contributed by atoms with Crippen molar-refractivity contribution in [1.82, 2.24) is 20.9 Å². The molecule has 1 aromatic heterocycles. The van der Waals surface area contributed by atoms with Gasteiger partial charge in [0.05, 0.1) is 47.0 Å². The molecule has 0 saturated carbocycles. The van der Waals surface area contributed by atoms with Gasteiger partial charge in [0.1, 0.15) is 12.1 Å². The quantitative estimate of drug-likeness (QED) is 0.0382. The van der Waals surface area contributed by atoms with Crippen LogP contribution in [-0.2, 0) is 30.3 Å². The third-order valence-corrected chi connectivity index (χ3v) is 11.2. The van der Waals surface area contributed by atoms with Gasteiger partial charge in [0.15, 0.2) is 0 Å². The Hall–Kier alpha value is -4.82. The topological polar surface area (TPSA) is 178 Å². The molecule has 0 fully saturated rings. The first-order chi connectivity index (χ1) is 26.4. The Kier molecular flexibility index (Phi) is 16.6. The van der Waals surface area contributed by atoms with Crippen LogP contribution in [0, 0.1) is 5.92 Å². The maximum Gasteiger partial charge on any atom is 0.306 e. The highest BCUT2D eigenvalue weighted by molar-refractivity contribution is 8.00. The summed E-state index contributed by atoms with van der Waals surface area (Å²) in [5.41, 5.74) is 5.62. The van der Waals surface area contributed by atoms with Gasteiger partial charge >= 0.3 is 5.97 Å². The number of thioether (sulfide) groups is 1. The fraction of sp³-hybridized carbons (Fsp3) is 0.357. The van der Waals surface area contributed by atoms with E-state index in [1.54, 1.807) is 42.6 Å². The molecule has 5 atom stereocenters. The van der Waals surface area contributed by atoms with Crippen molar-refractivity contribution in [2.75, 3.05) is 5.75 Å². The van der Waals surface area contributed by atoms with E-state index in [1.807, 2.05) is 60.7 Å². The molecule has 13 heteroatoms. The summed E-state index contributed by atoms with van der Waals surface area (Å²) in [6, 6.07) is 28.1. The molecule has 0 aliphatic heterocycles. The number of amides is 3. The lowest BCUT2D eigenvalue weighted by Crippen LogP contribution is -2.56. The second-order valence-corrected chi connectivity index (χ2v) is 15.6. The molecule has 55 heavy (non-hydrogen) atoms. The minimum Gasteiger partial charge on any atom is -0.481 e. The summed E-state index contributed by atoms with van der Waals surface area (Å²) >= 11 is 3.13. The van der Waals surface area contributed by atoms with Crippen LogP contribution in [0.25, 0.3) is 0 Å². The number of aliphatic carboxylic acids is 1. The molecule has 0 radical (unpaired) electrons. The molecule has 6 N–H and O–H groups in total. The zero-order chi connectivity index (χ0) is 39.8. The van der Waals surface area contributed by atoms with Gasteiger partial charge in [-0.15, -0.1) is 23.1 Å². The minimum atomic E-state index is -1.33. The number of thiazole rings is 1. The van der Waals surface area contributed by atoms with Crippen LogP contribution in [0.4, 0.5) is 0 Å². The Morgan fingerprint density at radius 3 is 1.85 bits per heavy atom. The smallest absolute Gasteiger partial charge is 0.306 e. The molecular weight excluding hydrogens is 737 g/mol. The average Bonchev–Trinajstić information content (AvgIpc) is 3.69. The average molecular weight is 787 g/mol. The van der Waals surface area contributed by atoms with Crippen molar-refractivity contribution in [2.45, 2.75) is 81.5 Å². The van der Waals surface area contributed by atoms with E-state index in [2.05, 4.69) is 57.3 Å². The van der Waals surface area contributed by atoms with Gasteiger partial charge in [0, 0.05) is 11.8 Å². The van der Waals surface area contributed by atoms with Gasteiger partial charge in [-0.25, -0.2) is 4.98 Å². The molecule has 3 aromatic carbocycles. The SMILES string of the molecule is CC(C)[C@@H](NC(=O)[C@@H](C)NC(=O)[C@@H](Cc1cscn1)NC(=O)C[C@H](O)C=CCCSC(c1ccccc1)(c1ccccc1)c1ccccc1)[C@@H](O)CC(=O)O. The first kappa shape index (κ1) is 42.9. The van der Waals surface area contributed by atoms with Gasteiger partial charge in [0.2, 0.25) is 17.7 Å². The number of aromatic nitrogens is 1. The van der Waals surface area contributed by atoms with E-state index in [1.165, 1.54) is 18.3 Å². The summed E-state index contributed by atoms with van der Waals surface area (Å²) in [6.07, 6.45) is 0.837. The number of hydrogen-bond acceptors (Lipinski definition) is 9. The second-order valence-electron chi connectivity index (χ2n) is 13.6. The Bertz CT molecular complexity index is 1730. The lowest BCUT2D eigenvalue weighted by atomic mass is 9.84. The van der Waals surface area contributed by atoms with Crippen molar-refractivity contribution in [3.05, 3.63) is 136 Å². The normalized spacial score (nSPS) is 14.4. The number of aliphatic hydroxyl groups is 2. The third kappa shape index (κ3) is 12.6. The van der Waals surface area contributed by atoms with Gasteiger partial charge in [-0.2, -0.15) is 0 Å². The molecule has 292 valence electrons. The Balaban J connectivity index is 1.37. The summed E-state index contributed by atoms with van der Waals surface area (Å²) in [4.78, 5) is 54.9. The van der Waals surface area contributed by atoms with E-state index < -0.39 is 65.2 Å². The lowest BCUT2D eigenvalue weighted by molar-refractivity contribution is -0.140. The predicted octanol–water partition coefficient (Wildman–Crippen LogP) is 5.07. The number of nitrogens with zero attached hydrogens (tertiary/aromatic N) is 1. The van der Waals surface area contributed by atoms with Gasteiger partial charge < -0.3 is 31.3 Å². The molecular formula is C42H50N4O7S2. The Morgan fingerprint density at radius 1 is 0.800 bits per heavy atom. The molecule has 3 amide bonds. The number of carbonyl (C=O) groups is 4. The van der Waals surface area contributed by atoms with Crippen molar-refractivity contribution in [2.24, 2.45) is 5.92 Å². The van der Waals surface area contributed by atoms with Crippen molar-refractivity contribution < 1.29 is 34.5 Å². The zero-order valence-corrected chi connectivity index (χ0v) is 32.8. The van der Waals surface area contributed by atoms with E-state index in [0.29, 0.717) is 17.9 Å². The monoisotopic (exact) mass is 786 g/mol. The molecule has 0 aliphatic carbocycles. The molecule has 1 heterocycles. The molecule has 0 saturated heterocycles. The number of aliphatic hydroxyl groups excluding tert-OH is 2. The highest BCUT2D eigenvalue weighted by Gasteiger charge is 2.36. The molecule has 0 aliphatic rings. The third-order valence-electron chi connectivity index (χ3n) is 9.02. The number of rotatable bonds is 21. The molecule has 4 aromatic rings. The summed E-state index contributed by atoms with van der Waals surface area (Å²) in [5, 5.41) is 39.9. The fourth-order valence-electron chi connectivity index (χ4n) is 6.25. The van der Waals surface area contributed by atoms with E-state index in [0.717, 1.165) is 16.7 Å². The lowest BCUT2D eigenvalue weighted by Gasteiger charge is -2.35. The fourth-order valence-corrected chi connectivity index (χ4v) is 8.29. The van der Waals surface area contributed by atoms with E-state index in [-0.39, 0.29) is 18.8 Å². The van der Waals surface area contributed by atoms with Crippen molar-refractivity contribution in [1.29, 1.82) is 0 Å². The van der Waals surface area contributed by atoms with Crippen LogP contribution in [0.15, 0.2) is 114 Å². The standard InChI is InChI=1S/C42H50N4O7S2/c1-28(2)39(36(48)25-38(50)51)46-40(52)29(3)44-41(53)35(23-33-26-54-27-43-33)45-37(49)24-34(47)21-13-14-22-55-42(30-15-7-4-8-16-30,31-17-9-5-10-18-31)32-19-11-6-12-20-32/h4-13,15-21,26-29,34-36,39,47-48H,14,22-25H2,1-3H3,(H,44,53)(H,45,49)(H,46,52)(H,50,51)/t29-,34-,35-,36+,39-/m1/s1. The molecule has 0 bridgehead atoms. The Labute approximate surface area is 330 Å². The van der Waals surface area contributed by atoms with Crippen LogP contribution < -0.4 is 16.0 Å².